The molecule has 138 valence electrons. The average molecular weight is 367 g/mol. The number of hydrogen-bond donors (Lipinski definition) is 1. The molecule has 0 unspecified atom stereocenters. The average Bonchev–Trinajstić information content (AvgIpc) is 2.62. The Bertz CT molecular complexity index is 696. The van der Waals surface area contributed by atoms with Crippen molar-refractivity contribution in [3.05, 3.63) is 30.3 Å². The van der Waals surface area contributed by atoms with Crippen LogP contribution in [0.2, 0.25) is 0 Å². The van der Waals surface area contributed by atoms with Crippen molar-refractivity contribution in [1.29, 1.82) is 0 Å². The van der Waals surface area contributed by atoms with Crippen molar-refractivity contribution in [1.82, 2.24) is 14.5 Å². The van der Waals surface area contributed by atoms with Gasteiger partial charge in [-0.15, -0.1) is 0 Å². The smallest absolute Gasteiger partial charge is 0.243 e. The molecule has 1 heterocycles. The zero-order valence-corrected chi connectivity index (χ0v) is 15.5. The van der Waals surface area contributed by atoms with E-state index < -0.39 is 10.0 Å². The molecule has 0 radical (unpaired) electrons. The van der Waals surface area contributed by atoms with Gasteiger partial charge in [-0.05, 0) is 25.0 Å². The predicted octanol–water partition coefficient (Wildman–Crippen LogP) is 0.682. The van der Waals surface area contributed by atoms with E-state index in [1.165, 1.54) is 9.21 Å². The highest BCUT2D eigenvalue weighted by atomic mass is 32.2. The second-order valence-corrected chi connectivity index (χ2v) is 8.26. The van der Waals surface area contributed by atoms with Crippen molar-refractivity contribution in [3.8, 4) is 0 Å². The standard InChI is InChI=1S/C17H25N3O4S/c1-19(2)16(21)8-11-18-17(22)14-9-12-20(13-10-14)25(23,24)15-6-4-3-5-7-15/h3-7,14H,8-13H2,1-2H3,(H,18,22). The minimum Gasteiger partial charge on any atom is -0.355 e. The zero-order chi connectivity index (χ0) is 18.4. The molecule has 1 aromatic rings. The van der Waals surface area contributed by atoms with Crippen LogP contribution in [0, 0.1) is 5.92 Å². The third kappa shape index (κ3) is 5.02. The quantitative estimate of drug-likeness (QED) is 0.801. The van der Waals surface area contributed by atoms with Crippen molar-refractivity contribution in [2.45, 2.75) is 24.2 Å². The number of hydrogen-bond acceptors (Lipinski definition) is 4. The SMILES string of the molecule is CN(C)C(=O)CCNC(=O)C1CCN(S(=O)(=O)c2ccccc2)CC1. The van der Waals surface area contributed by atoms with E-state index in [0.717, 1.165) is 0 Å². The summed E-state index contributed by atoms with van der Waals surface area (Å²) >= 11 is 0. The summed E-state index contributed by atoms with van der Waals surface area (Å²) in [5.74, 6) is -0.357. The highest BCUT2D eigenvalue weighted by molar-refractivity contribution is 7.89. The summed E-state index contributed by atoms with van der Waals surface area (Å²) in [6, 6.07) is 8.33. The molecule has 1 aromatic carbocycles. The van der Waals surface area contributed by atoms with Crippen LogP contribution in [-0.2, 0) is 19.6 Å². The number of nitrogens with zero attached hydrogens (tertiary/aromatic N) is 2. The Morgan fingerprint density at radius 3 is 2.32 bits per heavy atom. The van der Waals surface area contributed by atoms with Gasteiger partial charge in [-0.25, -0.2) is 8.42 Å². The molecule has 1 saturated heterocycles. The second-order valence-electron chi connectivity index (χ2n) is 6.32. The topological polar surface area (TPSA) is 86.8 Å². The van der Waals surface area contributed by atoms with E-state index in [9.17, 15) is 18.0 Å². The monoisotopic (exact) mass is 367 g/mol. The maximum absolute atomic E-state index is 12.6. The Morgan fingerprint density at radius 1 is 1.16 bits per heavy atom. The normalized spacial score (nSPS) is 16.4. The number of rotatable bonds is 6. The number of sulfonamides is 1. The molecule has 1 aliphatic heterocycles. The van der Waals surface area contributed by atoms with Gasteiger partial charge in [-0.3, -0.25) is 9.59 Å². The summed E-state index contributed by atoms with van der Waals surface area (Å²) in [4.78, 5) is 25.4. The van der Waals surface area contributed by atoms with E-state index in [4.69, 9.17) is 0 Å². The van der Waals surface area contributed by atoms with Crippen molar-refractivity contribution in [3.63, 3.8) is 0 Å². The summed E-state index contributed by atoms with van der Waals surface area (Å²) in [6.45, 7) is 0.955. The fourth-order valence-corrected chi connectivity index (χ4v) is 4.25. The lowest BCUT2D eigenvalue weighted by Crippen LogP contribution is -2.43. The van der Waals surface area contributed by atoms with Crippen LogP contribution in [0.4, 0.5) is 0 Å². The molecule has 25 heavy (non-hydrogen) atoms. The lowest BCUT2D eigenvalue weighted by Gasteiger charge is -2.30. The first-order valence-corrected chi connectivity index (χ1v) is 9.79. The maximum atomic E-state index is 12.6. The number of amides is 2. The van der Waals surface area contributed by atoms with Gasteiger partial charge in [0.15, 0.2) is 0 Å². The van der Waals surface area contributed by atoms with Crippen LogP contribution < -0.4 is 5.32 Å². The molecule has 0 bridgehead atoms. The molecule has 2 amide bonds. The molecular formula is C17H25N3O4S. The Morgan fingerprint density at radius 2 is 1.76 bits per heavy atom. The van der Waals surface area contributed by atoms with Crippen LogP contribution in [0.3, 0.4) is 0 Å². The molecule has 0 spiro atoms. The first-order valence-electron chi connectivity index (χ1n) is 8.35. The molecule has 0 atom stereocenters. The summed E-state index contributed by atoms with van der Waals surface area (Å²) in [7, 11) is -0.150. The van der Waals surface area contributed by atoms with Crippen LogP contribution >= 0.6 is 0 Å². The molecule has 7 nitrogen and oxygen atoms in total. The highest BCUT2D eigenvalue weighted by Crippen LogP contribution is 2.23. The molecule has 0 saturated carbocycles. The van der Waals surface area contributed by atoms with Crippen LogP contribution in [-0.4, -0.2) is 63.2 Å². The molecule has 0 aliphatic carbocycles. The van der Waals surface area contributed by atoms with Gasteiger partial charge in [0.05, 0.1) is 4.90 Å². The third-order valence-electron chi connectivity index (χ3n) is 4.34. The van der Waals surface area contributed by atoms with E-state index in [1.54, 1.807) is 44.4 Å². The zero-order valence-electron chi connectivity index (χ0n) is 14.6. The van der Waals surface area contributed by atoms with E-state index in [0.29, 0.717) is 32.5 Å². The molecular weight excluding hydrogens is 342 g/mol. The molecule has 1 fully saturated rings. The summed E-state index contributed by atoms with van der Waals surface area (Å²) in [6.07, 6.45) is 1.24. The third-order valence-corrected chi connectivity index (χ3v) is 6.26. The molecule has 1 aliphatic rings. The molecule has 2 rings (SSSR count). The van der Waals surface area contributed by atoms with Crippen molar-refractivity contribution in [2.75, 3.05) is 33.7 Å². The van der Waals surface area contributed by atoms with Gasteiger partial charge in [0.2, 0.25) is 21.8 Å². The van der Waals surface area contributed by atoms with Gasteiger partial charge in [-0.1, -0.05) is 18.2 Å². The van der Waals surface area contributed by atoms with E-state index in [2.05, 4.69) is 5.32 Å². The van der Waals surface area contributed by atoms with Crippen LogP contribution in [0.15, 0.2) is 35.2 Å². The summed E-state index contributed by atoms with van der Waals surface area (Å²) < 4.78 is 26.5. The first kappa shape index (κ1) is 19.4. The summed E-state index contributed by atoms with van der Waals surface area (Å²) in [5.41, 5.74) is 0. The minimum absolute atomic E-state index is 0.0379. The van der Waals surface area contributed by atoms with Crippen molar-refractivity contribution in [2.24, 2.45) is 5.92 Å². The molecule has 0 aromatic heterocycles. The maximum Gasteiger partial charge on any atom is 0.243 e. The second kappa shape index (κ2) is 8.44. The Labute approximate surface area is 149 Å². The van der Waals surface area contributed by atoms with Crippen molar-refractivity contribution < 1.29 is 18.0 Å². The number of carbonyl (C=O) groups excluding carboxylic acids is 2. The first-order chi connectivity index (χ1) is 11.8. The van der Waals surface area contributed by atoms with Crippen LogP contribution in [0.5, 0.6) is 0 Å². The largest absolute Gasteiger partial charge is 0.355 e. The lowest BCUT2D eigenvalue weighted by molar-refractivity contribution is -0.129. The Kier molecular flexibility index (Phi) is 6.55. The van der Waals surface area contributed by atoms with Gasteiger partial charge in [-0.2, -0.15) is 4.31 Å². The molecule has 1 N–H and O–H groups in total. The number of benzene rings is 1. The van der Waals surface area contributed by atoms with Gasteiger partial charge in [0, 0.05) is 46.1 Å². The fourth-order valence-electron chi connectivity index (χ4n) is 2.76. The predicted molar refractivity (Wildman–Crippen MR) is 94.2 cm³/mol. The van der Waals surface area contributed by atoms with Gasteiger partial charge in [0.25, 0.3) is 0 Å². The lowest BCUT2D eigenvalue weighted by atomic mass is 9.97. The fraction of sp³-hybridized carbons (Fsp3) is 0.529. The van der Waals surface area contributed by atoms with E-state index >= 15 is 0 Å². The van der Waals surface area contributed by atoms with Gasteiger partial charge in [0.1, 0.15) is 0 Å². The number of nitrogens with one attached hydrogen (secondary N) is 1. The van der Waals surface area contributed by atoms with E-state index in [1.807, 2.05) is 0 Å². The summed E-state index contributed by atoms with van der Waals surface area (Å²) in [5, 5.41) is 2.77. The molecule has 8 heteroatoms. The van der Waals surface area contributed by atoms with Gasteiger partial charge >= 0.3 is 0 Å². The van der Waals surface area contributed by atoms with Crippen LogP contribution in [0.25, 0.3) is 0 Å². The minimum atomic E-state index is -3.50. The highest BCUT2D eigenvalue weighted by Gasteiger charge is 2.31. The van der Waals surface area contributed by atoms with Crippen LogP contribution in [0.1, 0.15) is 19.3 Å². The Hall–Kier alpha value is -1.93. The van der Waals surface area contributed by atoms with E-state index in [-0.39, 0.29) is 29.0 Å². The number of piperidine rings is 1. The Balaban J connectivity index is 1.83. The number of carbonyl (C=O) groups is 2. The van der Waals surface area contributed by atoms with Crippen molar-refractivity contribution >= 4 is 21.8 Å². The van der Waals surface area contributed by atoms with Gasteiger partial charge < -0.3 is 10.2 Å².